The quantitative estimate of drug-likeness (QED) is 0.598. The summed E-state index contributed by atoms with van der Waals surface area (Å²) in [6, 6.07) is 12.3. The van der Waals surface area contributed by atoms with Crippen LogP contribution in [-0.2, 0) is 0 Å². The van der Waals surface area contributed by atoms with Gasteiger partial charge in [0.1, 0.15) is 5.75 Å². The third-order valence-electron chi connectivity index (χ3n) is 2.49. The van der Waals surface area contributed by atoms with Crippen LogP contribution in [0.2, 0.25) is 5.02 Å². The molecule has 18 heavy (non-hydrogen) atoms. The van der Waals surface area contributed by atoms with E-state index in [4.69, 9.17) is 16.3 Å². The molecule has 0 spiro atoms. The number of esters is 1. The number of ether oxygens (including phenoxy) is 1. The molecular formula is C15H13ClO2. The second-order valence-corrected chi connectivity index (χ2v) is 4.66. The average molecular weight is 261 g/mol. The summed E-state index contributed by atoms with van der Waals surface area (Å²) in [5.74, 6) is 0.184. The van der Waals surface area contributed by atoms with Gasteiger partial charge in [-0.3, -0.25) is 0 Å². The highest BCUT2D eigenvalue weighted by molar-refractivity contribution is 6.30. The number of benzene rings is 2. The number of carbonyl (C=O) groups excluding carboxylic acids is 1. The molecule has 0 aliphatic rings. The number of carbonyl (C=O) groups is 1. The predicted molar refractivity (Wildman–Crippen MR) is 72.3 cm³/mol. The van der Waals surface area contributed by atoms with Crippen LogP contribution in [0.4, 0.5) is 0 Å². The summed E-state index contributed by atoms with van der Waals surface area (Å²) in [6.07, 6.45) is 0. The molecule has 0 radical (unpaired) electrons. The van der Waals surface area contributed by atoms with Gasteiger partial charge in [0, 0.05) is 5.02 Å². The third-order valence-corrected chi connectivity index (χ3v) is 2.74. The SMILES string of the molecule is Cc1cc(C)cc(OC(=O)c2ccc(Cl)cc2)c1. The zero-order valence-electron chi connectivity index (χ0n) is 10.2. The first-order chi connectivity index (χ1) is 8.54. The molecule has 2 aromatic rings. The van der Waals surface area contributed by atoms with Crippen molar-refractivity contribution in [3.63, 3.8) is 0 Å². The Kier molecular flexibility index (Phi) is 3.68. The lowest BCUT2D eigenvalue weighted by Crippen LogP contribution is -2.08. The topological polar surface area (TPSA) is 26.3 Å². The van der Waals surface area contributed by atoms with Crippen LogP contribution in [0, 0.1) is 13.8 Å². The number of hydrogen-bond acceptors (Lipinski definition) is 2. The smallest absolute Gasteiger partial charge is 0.343 e. The van der Waals surface area contributed by atoms with E-state index in [0.717, 1.165) is 11.1 Å². The molecule has 0 aliphatic carbocycles. The summed E-state index contributed by atoms with van der Waals surface area (Å²) < 4.78 is 5.32. The largest absolute Gasteiger partial charge is 0.423 e. The number of hydrogen-bond donors (Lipinski definition) is 0. The molecule has 3 heteroatoms. The lowest BCUT2D eigenvalue weighted by atomic mass is 10.1. The van der Waals surface area contributed by atoms with Crippen molar-refractivity contribution >= 4 is 17.6 Å². The molecule has 2 aromatic carbocycles. The zero-order valence-corrected chi connectivity index (χ0v) is 11.0. The molecule has 2 nitrogen and oxygen atoms in total. The number of aryl methyl sites for hydroxylation is 2. The maximum atomic E-state index is 11.9. The zero-order chi connectivity index (χ0) is 13.1. The summed E-state index contributed by atoms with van der Waals surface area (Å²) in [4.78, 5) is 11.9. The predicted octanol–water partition coefficient (Wildman–Crippen LogP) is 4.18. The van der Waals surface area contributed by atoms with E-state index in [1.54, 1.807) is 24.3 Å². The minimum atomic E-state index is -0.378. The molecule has 0 amide bonds. The van der Waals surface area contributed by atoms with Gasteiger partial charge in [0.15, 0.2) is 0 Å². The first-order valence-corrected chi connectivity index (χ1v) is 5.98. The Hall–Kier alpha value is -1.80. The van der Waals surface area contributed by atoms with Crippen LogP contribution < -0.4 is 4.74 Å². The van der Waals surface area contributed by atoms with Crippen LogP contribution in [0.25, 0.3) is 0 Å². The lowest BCUT2D eigenvalue weighted by molar-refractivity contribution is 0.0734. The van der Waals surface area contributed by atoms with E-state index in [1.165, 1.54) is 0 Å². The van der Waals surface area contributed by atoms with Gasteiger partial charge < -0.3 is 4.74 Å². The summed E-state index contributed by atoms with van der Waals surface area (Å²) in [5.41, 5.74) is 2.61. The third kappa shape index (κ3) is 3.11. The van der Waals surface area contributed by atoms with E-state index in [9.17, 15) is 4.79 Å². The van der Waals surface area contributed by atoms with Gasteiger partial charge in [0.05, 0.1) is 5.56 Å². The first-order valence-electron chi connectivity index (χ1n) is 5.60. The Morgan fingerprint density at radius 1 is 1.00 bits per heavy atom. The highest BCUT2D eigenvalue weighted by Gasteiger charge is 2.08. The highest BCUT2D eigenvalue weighted by Crippen LogP contribution is 2.18. The molecule has 0 aromatic heterocycles. The summed E-state index contributed by atoms with van der Waals surface area (Å²) in [6.45, 7) is 3.93. The summed E-state index contributed by atoms with van der Waals surface area (Å²) in [5, 5.41) is 0.595. The molecule has 0 bridgehead atoms. The van der Waals surface area contributed by atoms with Crippen LogP contribution >= 0.6 is 11.6 Å². The van der Waals surface area contributed by atoms with E-state index >= 15 is 0 Å². The van der Waals surface area contributed by atoms with Gasteiger partial charge in [-0.05, 0) is 61.4 Å². The molecular weight excluding hydrogens is 248 g/mol. The molecule has 92 valence electrons. The minimum Gasteiger partial charge on any atom is -0.423 e. The van der Waals surface area contributed by atoms with E-state index < -0.39 is 0 Å². The normalized spacial score (nSPS) is 10.2. The van der Waals surface area contributed by atoms with Crippen molar-refractivity contribution in [1.29, 1.82) is 0 Å². The fraction of sp³-hybridized carbons (Fsp3) is 0.133. The van der Waals surface area contributed by atoms with Crippen molar-refractivity contribution in [2.45, 2.75) is 13.8 Å². The number of rotatable bonds is 2. The van der Waals surface area contributed by atoms with Crippen LogP contribution in [0.15, 0.2) is 42.5 Å². The second-order valence-electron chi connectivity index (χ2n) is 4.22. The minimum absolute atomic E-state index is 0.378. The molecule has 2 rings (SSSR count). The molecule has 0 fully saturated rings. The maximum absolute atomic E-state index is 11.9. The molecule has 0 unspecified atom stereocenters. The monoisotopic (exact) mass is 260 g/mol. The van der Waals surface area contributed by atoms with Gasteiger partial charge in [-0.25, -0.2) is 4.79 Å². The standard InChI is InChI=1S/C15H13ClO2/c1-10-7-11(2)9-14(8-10)18-15(17)12-3-5-13(16)6-4-12/h3-9H,1-2H3. The Bertz CT molecular complexity index is 553. The van der Waals surface area contributed by atoms with Crippen molar-refractivity contribution in [1.82, 2.24) is 0 Å². The van der Waals surface area contributed by atoms with Gasteiger partial charge in [-0.15, -0.1) is 0 Å². The summed E-state index contributed by atoms with van der Waals surface area (Å²) in [7, 11) is 0. The maximum Gasteiger partial charge on any atom is 0.343 e. The number of halogens is 1. The lowest BCUT2D eigenvalue weighted by Gasteiger charge is -2.06. The van der Waals surface area contributed by atoms with Crippen LogP contribution in [-0.4, -0.2) is 5.97 Å². The van der Waals surface area contributed by atoms with Crippen LogP contribution in [0.1, 0.15) is 21.5 Å². The van der Waals surface area contributed by atoms with Crippen molar-refractivity contribution in [3.05, 3.63) is 64.2 Å². The molecule has 0 aliphatic heterocycles. The fourth-order valence-corrected chi connectivity index (χ4v) is 1.87. The Labute approximate surface area is 111 Å². The van der Waals surface area contributed by atoms with Crippen molar-refractivity contribution in [3.8, 4) is 5.75 Å². The van der Waals surface area contributed by atoms with Gasteiger partial charge in [0.2, 0.25) is 0 Å². The molecule has 0 atom stereocenters. The molecule has 0 heterocycles. The Morgan fingerprint density at radius 2 is 1.56 bits per heavy atom. The van der Waals surface area contributed by atoms with Crippen molar-refractivity contribution < 1.29 is 9.53 Å². The summed E-state index contributed by atoms with van der Waals surface area (Å²) >= 11 is 5.77. The van der Waals surface area contributed by atoms with Gasteiger partial charge in [-0.1, -0.05) is 17.7 Å². The average Bonchev–Trinajstić information content (AvgIpc) is 2.28. The fourth-order valence-electron chi connectivity index (χ4n) is 1.74. The van der Waals surface area contributed by atoms with Gasteiger partial charge >= 0.3 is 5.97 Å². The van der Waals surface area contributed by atoms with Crippen molar-refractivity contribution in [2.24, 2.45) is 0 Å². The molecule has 0 saturated carbocycles. The van der Waals surface area contributed by atoms with Gasteiger partial charge in [-0.2, -0.15) is 0 Å². The van der Waals surface area contributed by atoms with E-state index in [1.807, 2.05) is 32.0 Å². The Balaban J connectivity index is 2.18. The van der Waals surface area contributed by atoms with E-state index in [0.29, 0.717) is 16.3 Å². The van der Waals surface area contributed by atoms with Crippen molar-refractivity contribution in [2.75, 3.05) is 0 Å². The molecule has 0 N–H and O–H groups in total. The first kappa shape index (κ1) is 12.7. The highest BCUT2D eigenvalue weighted by atomic mass is 35.5. The van der Waals surface area contributed by atoms with Crippen LogP contribution in [0.3, 0.4) is 0 Å². The van der Waals surface area contributed by atoms with E-state index in [2.05, 4.69) is 0 Å². The van der Waals surface area contributed by atoms with E-state index in [-0.39, 0.29) is 5.97 Å². The molecule has 0 saturated heterocycles. The second kappa shape index (κ2) is 5.23. The van der Waals surface area contributed by atoms with Crippen LogP contribution in [0.5, 0.6) is 5.75 Å². The Morgan fingerprint density at radius 3 is 2.11 bits per heavy atom. The van der Waals surface area contributed by atoms with Gasteiger partial charge in [0.25, 0.3) is 0 Å².